The van der Waals surface area contributed by atoms with Crippen molar-refractivity contribution in [3.8, 4) is 0 Å². The lowest BCUT2D eigenvalue weighted by Crippen LogP contribution is -1.99. The highest BCUT2D eigenvalue weighted by Gasteiger charge is 2.07. The fourth-order valence-electron chi connectivity index (χ4n) is 1.76. The number of nitrogens with zero attached hydrogens (tertiary/aromatic N) is 3. The third-order valence-corrected chi connectivity index (χ3v) is 2.76. The SMILES string of the molecule is Clc1cccc2ccn(Cc3ncon3)c12. The smallest absolute Gasteiger partial charge is 0.213 e. The van der Waals surface area contributed by atoms with Crippen LogP contribution in [0.1, 0.15) is 5.82 Å². The Hall–Kier alpha value is -1.81. The van der Waals surface area contributed by atoms with Gasteiger partial charge in [-0.25, -0.2) is 0 Å². The molecule has 0 fully saturated rings. The lowest BCUT2D eigenvalue weighted by Gasteiger charge is -2.02. The highest BCUT2D eigenvalue weighted by molar-refractivity contribution is 6.35. The minimum Gasteiger partial charge on any atom is -0.343 e. The van der Waals surface area contributed by atoms with E-state index >= 15 is 0 Å². The molecule has 0 bridgehead atoms. The lowest BCUT2D eigenvalue weighted by atomic mass is 10.2. The van der Waals surface area contributed by atoms with Crippen LogP contribution in [0.3, 0.4) is 0 Å². The van der Waals surface area contributed by atoms with Crippen LogP contribution in [0.4, 0.5) is 0 Å². The molecule has 0 N–H and O–H groups in total. The van der Waals surface area contributed by atoms with E-state index in [2.05, 4.69) is 10.1 Å². The summed E-state index contributed by atoms with van der Waals surface area (Å²) in [6, 6.07) is 7.84. The minimum atomic E-state index is 0.559. The first kappa shape index (κ1) is 9.42. The average Bonchev–Trinajstić information content (AvgIpc) is 2.90. The monoisotopic (exact) mass is 233 g/mol. The van der Waals surface area contributed by atoms with Gasteiger partial charge in [-0.05, 0) is 12.1 Å². The van der Waals surface area contributed by atoms with Crippen LogP contribution >= 0.6 is 11.6 Å². The second-order valence-electron chi connectivity index (χ2n) is 3.47. The van der Waals surface area contributed by atoms with E-state index < -0.39 is 0 Å². The third kappa shape index (κ3) is 1.47. The van der Waals surface area contributed by atoms with E-state index in [-0.39, 0.29) is 0 Å². The summed E-state index contributed by atoms with van der Waals surface area (Å²) in [6.07, 6.45) is 3.29. The Balaban J connectivity index is 2.10. The minimum absolute atomic E-state index is 0.559. The maximum absolute atomic E-state index is 6.16. The molecule has 2 aromatic heterocycles. The second kappa shape index (κ2) is 3.64. The van der Waals surface area contributed by atoms with Crippen molar-refractivity contribution in [2.24, 2.45) is 0 Å². The first-order chi connectivity index (χ1) is 7.84. The zero-order valence-corrected chi connectivity index (χ0v) is 9.05. The van der Waals surface area contributed by atoms with Crippen LogP contribution in [0, 0.1) is 0 Å². The van der Waals surface area contributed by atoms with Crippen molar-refractivity contribution in [2.75, 3.05) is 0 Å². The lowest BCUT2D eigenvalue weighted by molar-refractivity contribution is 0.408. The highest BCUT2D eigenvalue weighted by atomic mass is 35.5. The maximum atomic E-state index is 6.16. The average molecular weight is 234 g/mol. The third-order valence-electron chi connectivity index (χ3n) is 2.46. The number of rotatable bonds is 2. The number of halogens is 1. The van der Waals surface area contributed by atoms with Crippen LogP contribution in [0.15, 0.2) is 41.4 Å². The summed E-state index contributed by atoms with van der Waals surface area (Å²) >= 11 is 6.16. The quantitative estimate of drug-likeness (QED) is 0.684. The van der Waals surface area contributed by atoms with E-state index in [1.54, 1.807) is 0 Å². The van der Waals surface area contributed by atoms with E-state index in [9.17, 15) is 0 Å². The van der Waals surface area contributed by atoms with Gasteiger partial charge in [-0.3, -0.25) is 0 Å². The van der Waals surface area contributed by atoms with Gasteiger partial charge in [-0.1, -0.05) is 28.9 Å². The van der Waals surface area contributed by atoms with Crippen LogP contribution in [-0.4, -0.2) is 14.7 Å². The zero-order chi connectivity index (χ0) is 11.0. The molecular weight excluding hydrogens is 226 g/mol. The van der Waals surface area contributed by atoms with E-state index in [4.69, 9.17) is 16.1 Å². The van der Waals surface area contributed by atoms with Crippen molar-refractivity contribution in [3.63, 3.8) is 0 Å². The largest absolute Gasteiger partial charge is 0.343 e. The Labute approximate surface area is 96.4 Å². The number of fused-ring (bicyclic) bond motifs is 1. The molecule has 3 rings (SSSR count). The topological polar surface area (TPSA) is 43.9 Å². The number of para-hydroxylation sites is 1. The van der Waals surface area contributed by atoms with Crippen LogP contribution in [0.5, 0.6) is 0 Å². The van der Waals surface area contributed by atoms with Gasteiger partial charge >= 0.3 is 0 Å². The van der Waals surface area contributed by atoms with Gasteiger partial charge in [0.15, 0.2) is 5.82 Å². The summed E-state index contributed by atoms with van der Waals surface area (Å²) in [5.41, 5.74) is 0.994. The number of aromatic nitrogens is 3. The summed E-state index contributed by atoms with van der Waals surface area (Å²) in [5.74, 6) is 0.636. The van der Waals surface area contributed by atoms with Gasteiger partial charge in [0.05, 0.1) is 17.1 Å². The van der Waals surface area contributed by atoms with Gasteiger partial charge < -0.3 is 9.09 Å². The molecule has 2 heterocycles. The first-order valence-corrected chi connectivity index (χ1v) is 5.21. The Kier molecular flexibility index (Phi) is 2.15. The molecule has 4 nitrogen and oxygen atoms in total. The molecule has 80 valence electrons. The fourth-order valence-corrected chi connectivity index (χ4v) is 2.05. The standard InChI is InChI=1S/C11H8ClN3O/c12-9-3-1-2-8-4-5-15(11(8)9)6-10-13-7-16-14-10/h1-5,7H,6H2. The van der Waals surface area contributed by atoms with Gasteiger partial charge in [-0.15, -0.1) is 0 Å². The Morgan fingerprint density at radius 3 is 3.06 bits per heavy atom. The number of hydrogen-bond acceptors (Lipinski definition) is 3. The molecule has 0 spiro atoms. The van der Waals surface area contributed by atoms with Crippen molar-refractivity contribution in [3.05, 3.63) is 47.7 Å². The molecule has 1 aromatic carbocycles. The molecular formula is C11H8ClN3O. The van der Waals surface area contributed by atoms with Crippen LogP contribution in [0.2, 0.25) is 5.02 Å². The fraction of sp³-hybridized carbons (Fsp3) is 0.0909. The molecule has 0 saturated heterocycles. The molecule has 16 heavy (non-hydrogen) atoms. The Morgan fingerprint density at radius 1 is 1.31 bits per heavy atom. The van der Waals surface area contributed by atoms with Crippen molar-refractivity contribution in [1.82, 2.24) is 14.7 Å². The molecule has 3 aromatic rings. The van der Waals surface area contributed by atoms with Crippen molar-refractivity contribution >= 4 is 22.5 Å². The highest BCUT2D eigenvalue weighted by Crippen LogP contribution is 2.24. The molecule has 0 aliphatic rings. The summed E-state index contributed by atoms with van der Waals surface area (Å²) in [5, 5.41) is 5.61. The predicted octanol–water partition coefficient (Wildman–Crippen LogP) is 2.73. The van der Waals surface area contributed by atoms with E-state index in [0.717, 1.165) is 15.9 Å². The molecule has 0 atom stereocenters. The van der Waals surface area contributed by atoms with Gasteiger partial charge in [0.2, 0.25) is 6.39 Å². The van der Waals surface area contributed by atoms with E-state index in [1.165, 1.54) is 6.39 Å². The normalized spacial score (nSPS) is 11.1. The summed E-state index contributed by atoms with van der Waals surface area (Å²) < 4.78 is 6.70. The molecule has 0 unspecified atom stereocenters. The van der Waals surface area contributed by atoms with Gasteiger partial charge in [0.25, 0.3) is 0 Å². The van der Waals surface area contributed by atoms with E-state index in [0.29, 0.717) is 12.4 Å². The molecule has 0 radical (unpaired) electrons. The van der Waals surface area contributed by atoms with Gasteiger partial charge in [0.1, 0.15) is 0 Å². The van der Waals surface area contributed by atoms with Gasteiger partial charge in [-0.2, -0.15) is 4.98 Å². The van der Waals surface area contributed by atoms with E-state index in [1.807, 2.05) is 35.0 Å². The molecule has 0 amide bonds. The van der Waals surface area contributed by atoms with Crippen molar-refractivity contribution in [1.29, 1.82) is 0 Å². The summed E-state index contributed by atoms with van der Waals surface area (Å²) in [6.45, 7) is 0.559. The number of hydrogen-bond donors (Lipinski definition) is 0. The molecule has 0 saturated carbocycles. The van der Waals surface area contributed by atoms with Crippen LogP contribution in [0.25, 0.3) is 10.9 Å². The Bertz CT molecular complexity index is 615. The summed E-state index contributed by atoms with van der Waals surface area (Å²) in [7, 11) is 0. The van der Waals surface area contributed by atoms with Crippen LogP contribution < -0.4 is 0 Å². The molecule has 5 heteroatoms. The Morgan fingerprint density at radius 2 is 2.25 bits per heavy atom. The molecule has 0 aliphatic carbocycles. The summed E-state index contributed by atoms with van der Waals surface area (Å²) in [4.78, 5) is 3.99. The van der Waals surface area contributed by atoms with Crippen LogP contribution in [-0.2, 0) is 6.54 Å². The molecule has 0 aliphatic heterocycles. The van der Waals surface area contributed by atoms with Crippen molar-refractivity contribution in [2.45, 2.75) is 6.54 Å². The number of benzene rings is 1. The first-order valence-electron chi connectivity index (χ1n) is 4.83. The zero-order valence-electron chi connectivity index (χ0n) is 8.30. The second-order valence-corrected chi connectivity index (χ2v) is 3.88. The van der Waals surface area contributed by atoms with Gasteiger partial charge in [0, 0.05) is 11.6 Å². The van der Waals surface area contributed by atoms with Crippen molar-refractivity contribution < 1.29 is 4.52 Å². The maximum Gasteiger partial charge on any atom is 0.213 e. The predicted molar refractivity (Wildman–Crippen MR) is 60.3 cm³/mol.